The summed E-state index contributed by atoms with van der Waals surface area (Å²) in [5.74, 6) is 1.45. The van der Waals surface area contributed by atoms with Crippen molar-refractivity contribution in [3.05, 3.63) is 16.6 Å². The number of aromatic nitrogens is 1. The van der Waals surface area contributed by atoms with Crippen molar-refractivity contribution < 1.29 is 0 Å². The average Bonchev–Trinajstić information content (AvgIpc) is 2.85. The van der Waals surface area contributed by atoms with E-state index in [2.05, 4.69) is 36.2 Å². The van der Waals surface area contributed by atoms with Crippen LogP contribution in [0.3, 0.4) is 0 Å². The SMILES string of the molecule is CC1CCC(C)C(CN)(N(C)Cc2cscn2)C1. The fraction of sp³-hybridized carbons (Fsp3) is 0.786. The molecule has 1 saturated carbocycles. The van der Waals surface area contributed by atoms with E-state index in [1.54, 1.807) is 11.3 Å². The molecule has 0 saturated heterocycles. The van der Waals surface area contributed by atoms with Gasteiger partial charge in [0.1, 0.15) is 0 Å². The number of hydrogen-bond acceptors (Lipinski definition) is 4. The van der Waals surface area contributed by atoms with Gasteiger partial charge in [-0.1, -0.05) is 20.3 Å². The Morgan fingerprint density at radius 1 is 1.50 bits per heavy atom. The molecule has 3 unspecified atom stereocenters. The van der Waals surface area contributed by atoms with Crippen molar-refractivity contribution in [1.82, 2.24) is 9.88 Å². The summed E-state index contributed by atoms with van der Waals surface area (Å²) in [4.78, 5) is 6.84. The molecule has 102 valence electrons. The second-order valence-corrected chi connectivity index (χ2v) is 6.65. The zero-order valence-corrected chi connectivity index (χ0v) is 12.5. The molecular weight excluding hydrogens is 242 g/mol. The van der Waals surface area contributed by atoms with Gasteiger partial charge >= 0.3 is 0 Å². The van der Waals surface area contributed by atoms with E-state index in [1.165, 1.54) is 25.0 Å². The first-order valence-electron chi connectivity index (χ1n) is 6.87. The van der Waals surface area contributed by atoms with E-state index < -0.39 is 0 Å². The number of likely N-dealkylation sites (N-methyl/N-ethyl adjacent to an activating group) is 1. The Bertz CT molecular complexity index is 365. The van der Waals surface area contributed by atoms with Gasteiger partial charge in [0.25, 0.3) is 0 Å². The molecule has 1 fully saturated rings. The Labute approximate surface area is 114 Å². The Kier molecular flexibility index (Phi) is 4.41. The van der Waals surface area contributed by atoms with Gasteiger partial charge in [0.05, 0.1) is 11.2 Å². The molecule has 4 heteroatoms. The van der Waals surface area contributed by atoms with Gasteiger partial charge in [-0.3, -0.25) is 4.90 Å². The lowest BCUT2D eigenvalue weighted by atomic mass is 9.68. The van der Waals surface area contributed by atoms with Crippen LogP contribution in [0.5, 0.6) is 0 Å². The number of nitrogens with zero attached hydrogens (tertiary/aromatic N) is 2. The van der Waals surface area contributed by atoms with Crippen LogP contribution < -0.4 is 5.73 Å². The first kappa shape index (κ1) is 14.0. The van der Waals surface area contributed by atoms with Crippen LogP contribution in [0.2, 0.25) is 0 Å². The van der Waals surface area contributed by atoms with Crippen LogP contribution in [-0.2, 0) is 6.54 Å². The number of hydrogen-bond donors (Lipinski definition) is 1. The van der Waals surface area contributed by atoms with Crippen LogP contribution in [0.15, 0.2) is 10.9 Å². The van der Waals surface area contributed by atoms with Crippen molar-refractivity contribution in [2.75, 3.05) is 13.6 Å². The van der Waals surface area contributed by atoms with E-state index in [0.717, 1.165) is 19.0 Å². The molecule has 0 amide bonds. The van der Waals surface area contributed by atoms with E-state index in [-0.39, 0.29) is 5.54 Å². The standard InChI is InChI=1S/C14H25N3S/c1-11-4-5-12(2)14(6-11,9-15)17(3)7-13-8-18-10-16-13/h8,10-12H,4-7,9,15H2,1-3H3. The molecule has 0 spiro atoms. The number of thiazole rings is 1. The van der Waals surface area contributed by atoms with Gasteiger partial charge in [0, 0.05) is 24.0 Å². The third kappa shape index (κ3) is 2.60. The van der Waals surface area contributed by atoms with Gasteiger partial charge in [-0.2, -0.15) is 0 Å². The van der Waals surface area contributed by atoms with Gasteiger partial charge in [-0.25, -0.2) is 4.98 Å². The first-order valence-corrected chi connectivity index (χ1v) is 7.81. The summed E-state index contributed by atoms with van der Waals surface area (Å²) >= 11 is 1.67. The first-order chi connectivity index (χ1) is 8.58. The fourth-order valence-corrected chi connectivity index (χ4v) is 3.95. The van der Waals surface area contributed by atoms with E-state index in [1.807, 2.05) is 5.51 Å². The number of rotatable bonds is 4. The normalized spacial score (nSPS) is 32.9. The summed E-state index contributed by atoms with van der Waals surface area (Å²) < 4.78 is 0. The van der Waals surface area contributed by atoms with E-state index in [9.17, 15) is 0 Å². The zero-order valence-electron chi connectivity index (χ0n) is 11.7. The molecule has 3 nitrogen and oxygen atoms in total. The molecule has 1 aromatic heterocycles. The molecule has 1 aliphatic carbocycles. The third-order valence-electron chi connectivity index (χ3n) is 4.71. The minimum Gasteiger partial charge on any atom is -0.329 e. The van der Waals surface area contributed by atoms with Crippen molar-refractivity contribution in [3.63, 3.8) is 0 Å². The topological polar surface area (TPSA) is 42.1 Å². The van der Waals surface area contributed by atoms with E-state index >= 15 is 0 Å². The van der Waals surface area contributed by atoms with Crippen molar-refractivity contribution in [2.24, 2.45) is 17.6 Å². The lowest BCUT2D eigenvalue weighted by Gasteiger charge is -2.50. The predicted molar refractivity (Wildman–Crippen MR) is 77.5 cm³/mol. The molecule has 0 bridgehead atoms. The zero-order chi connectivity index (χ0) is 13.2. The smallest absolute Gasteiger partial charge is 0.0795 e. The van der Waals surface area contributed by atoms with Crippen LogP contribution in [-0.4, -0.2) is 29.0 Å². The molecule has 3 atom stereocenters. The van der Waals surface area contributed by atoms with Gasteiger partial charge in [-0.15, -0.1) is 11.3 Å². The highest BCUT2D eigenvalue weighted by atomic mass is 32.1. The molecule has 18 heavy (non-hydrogen) atoms. The molecule has 2 N–H and O–H groups in total. The van der Waals surface area contributed by atoms with Crippen LogP contribution in [0.1, 0.15) is 38.8 Å². The Morgan fingerprint density at radius 2 is 2.28 bits per heavy atom. The second kappa shape index (κ2) is 5.68. The summed E-state index contributed by atoms with van der Waals surface area (Å²) in [7, 11) is 2.21. The Morgan fingerprint density at radius 3 is 2.89 bits per heavy atom. The van der Waals surface area contributed by atoms with Crippen LogP contribution >= 0.6 is 11.3 Å². The summed E-state index contributed by atoms with van der Waals surface area (Å²) in [5.41, 5.74) is 9.39. The maximum Gasteiger partial charge on any atom is 0.0795 e. The minimum atomic E-state index is 0.154. The molecule has 1 heterocycles. The molecule has 0 aliphatic heterocycles. The molecular formula is C14H25N3S. The highest BCUT2D eigenvalue weighted by Gasteiger charge is 2.42. The van der Waals surface area contributed by atoms with Crippen molar-refractivity contribution in [2.45, 2.75) is 45.2 Å². The highest BCUT2D eigenvalue weighted by Crippen LogP contribution is 2.40. The van der Waals surface area contributed by atoms with Crippen LogP contribution in [0, 0.1) is 11.8 Å². The predicted octanol–water partition coefficient (Wildman–Crippen LogP) is 2.73. The molecule has 0 aromatic carbocycles. The van der Waals surface area contributed by atoms with Gasteiger partial charge in [-0.05, 0) is 31.7 Å². The highest BCUT2D eigenvalue weighted by molar-refractivity contribution is 7.07. The van der Waals surface area contributed by atoms with Gasteiger partial charge < -0.3 is 5.73 Å². The quantitative estimate of drug-likeness (QED) is 0.912. The minimum absolute atomic E-state index is 0.154. The second-order valence-electron chi connectivity index (χ2n) is 5.93. The Balaban J connectivity index is 2.14. The lowest BCUT2D eigenvalue weighted by molar-refractivity contribution is 0.00842. The molecule has 2 rings (SSSR count). The third-order valence-corrected chi connectivity index (χ3v) is 5.34. The van der Waals surface area contributed by atoms with Gasteiger partial charge in [0.15, 0.2) is 0 Å². The summed E-state index contributed by atoms with van der Waals surface area (Å²) in [6.07, 6.45) is 3.85. The van der Waals surface area contributed by atoms with Crippen molar-refractivity contribution >= 4 is 11.3 Å². The fourth-order valence-electron chi connectivity index (χ4n) is 3.40. The van der Waals surface area contributed by atoms with Crippen molar-refractivity contribution in [3.8, 4) is 0 Å². The maximum absolute atomic E-state index is 6.16. The Hall–Kier alpha value is -0.450. The lowest BCUT2D eigenvalue weighted by Crippen LogP contribution is -2.58. The number of nitrogens with two attached hydrogens (primary N) is 1. The van der Waals surface area contributed by atoms with Crippen LogP contribution in [0.4, 0.5) is 0 Å². The maximum atomic E-state index is 6.16. The average molecular weight is 267 g/mol. The van der Waals surface area contributed by atoms with E-state index in [4.69, 9.17) is 5.73 Å². The molecule has 1 aromatic rings. The molecule has 0 radical (unpaired) electrons. The van der Waals surface area contributed by atoms with Gasteiger partial charge in [0.2, 0.25) is 0 Å². The van der Waals surface area contributed by atoms with E-state index in [0.29, 0.717) is 5.92 Å². The summed E-state index contributed by atoms with van der Waals surface area (Å²) in [5, 5.41) is 2.14. The van der Waals surface area contributed by atoms with Crippen LogP contribution in [0.25, 0.3) is 0 Å². The largest absolute Gasteiger partial charge is 0.329 e. The summed E-state index contributed by atoms with van der Waals surface area (Å²) in [6.45, 7) is 6.38. The van der Waals surface area contributed by atoms with Crippen molar-refractivity contribution in [1.29, 1.82) is 0 Å². The monoisotopic (exact) mass is 267 g/mol. The summed E-state index contributed by atoms with van der Waals surface area (Å²) in [6, 6.07) is 0. The molecule has 1 aliphatic rings.